The second-order valence-corrected chi connectivity index (χ2v) is 10.4. The number of carbonyl (C=O) groups is 1. The molecule has 7 saturated carbocycles. The third kappa shape index (κ3) is 1.33. The lowest BCUT2D eigenvalue weighted by Gasteiger charge is -2.75. The molecule has 7 rings (SSSR count). The summed E-state index contributed by atoms with van der Waals surface area (Å²) in [6.07, 6.45) is 9.13. The first-order valence-corrected chi connectivity index (χ1v) is 9.47. The average molecular weight is 302 g/mol. The van der Waals surface area contributed by atoms with Crippen LogP contribution in [0, 0.1) is 39.9 Å². The maximum absolute atomic E-state index is 12.5. The van der Waals surface area contributed by atoms with Crippen molar-refractivity contribution < 1.29 is 9.90 Å². The van der Waals surface area contributed by atoms with Crippen LogP contribution in [0.25, 0.3) is 0 Å². The van der Waals surface area contributed by atoms with Crippen LogP contribution in [0.5, 0.6) is 0 Å². The van der Waals surface area contributed by atoms with Crippen molar-refractivity contribution in [2.45, 2.75) is 77.7 Å². The van der Waals surface area contributed by atoms with Crippen LogP contribution in [0.2, 0.25) is 0 Å². The van der Waals surface area contributed by atoms with E-state index in [4.69, 9.17) is 0 Å². The van der Waals surface area contributed by atoms with E-state index in [9.17, 15) is 9.90 Å². The highest BCUT2D eigenvalue weighted by Gasteiger charge is 2.73. The second-order valence-electron chi connectivity index (χ2n) is 10.4. The number of Topliss-reactive ketones (excluding diaryl/α,β-unsaturated/α-hetero) is 1. The fourth-order valence-corrected chi connectivity index (χ4v) is 8.60. The van der Waals surface area contributed by atoms with Crippen molar-refractivity contribution in [3.8, 4) is 0 Å². The summed E-state index contributed by atoms with van der Waals surface area (Å²) in [5.41, 5.74) is 0.305. The van der Waals surface area contributed by atoms with Crippen LogP contribution in [0.15, 0.2) is 0 Å². The Labute approximate surface area is 134 Å². The molecular formula is C20H30O2. The van der Waals surface area contributed by atoms with Crippen LogP contribution < -0.4 is 0 Å². The van der Waals surface area contributed by atoms with Crippen molar-refractivity contribution >= 4 is 5.78 Å². The van der Waals surface area contributed by atoms with Crippen LogP contribution >= 0.6 is 0 Å². The Bertz CT molecular complexity index is 566. The van der Waals surface area contributed by atoms with Crippen LogP contribution in [-0.2, 0) is 4.79 Å². The number of hydrogen-bond acceptors (Lipinski definition) is 2. The van der Waals surface area contributed by atoms with Gasteiger partial charge < -0.3 is 5.11 Å². The van der Waals surface area contributed by atoms with Crippen LogP contribution in [0.4, 0.5) is 0 Å². The van der Waals surface area contributed by atoms with Crippen molar-refractivity contribution in [1.82, 2.24) is 0 Å². The molecule has 1 spiro atoms. The van der Waals surface area contributed by atoms with Gasteiger partial charge in [-0.05, 0) is 79.4 Å². The predicted octanol–water partition coefficient (Wildman–Crippen LogP) is 3.96. The molecule has 0 saturated heterocycles. The summed E-state index contributed by atoms with van der Waals surface area (Å²) in [6, 6.07) is 0. The molecule has 0 radical (unpaired) electrons. The first-order valence-electron chi connectivity index (χ1n) is 9.47. The van der Waals surface area contributed by atoms with Crippen molar-refractivity contribution in [3.05, 3.63) is 0 Å². The highest BCUT2D eigenvalue weighted by atomic mass is 16.3. The van der Waals surface area contributed by atoms with Crippen molar-refractivity contribution in [1.29, 1.82) is 0 Å². The van der Waals surface area contributed by atoms with Gasteiger partial charge in [0.25, 0.3) is 0 Å². The Morgan fingerprint density at radius 3 is 2.59 bits per heavy atom. The smallest absolute Gasteiger partial charge is 0.138 e. The standard InChI is InChI=1S/C20H30O2/c1-17(2)14-4-7-19-9-12-10-20(22,11-19)13(12)8-15(19)18(14,3)6-5-16(17)21/h12-15,22H,4-11H2,1-3H3/t12-,13-,14+,15+,18-,19+,20+/m0/s1. The number of fused-ring (bicyclic) bond motifs is 1. The van der Waals surface area contributed by atoms with Gasteiger partial charge in [0, 0.05) is 11.8 Å². The summed E-state index contributed by atoms with van der Waals surface area (Å²) in [5.74, 6) is 3.20. The van der Waals surface area contributed by atoms with E-state index < -0.39 is 0 Å². The molecular weight excluding hydrogens is 272 g/mol. The van der Waals surface area contributed by atoms with E-state index in [1.165, 1.54) is 25.7 Å². The van der Waals surface area contributed by atoms with Gasteiger partial charge in [0.2, 0.25) is 0 Å². The first kappa shape index (κ1) is 14.0. The molecule has 7 atom stereocenters. The molecule has 122 valence electrons. The molecule has 0 aromatic rings. The van der Waals surface area contributed by atoms with Gasteiger partial charge in [0.05, 0.1) is 5.60 Å². The van der Waals surface area contributed by atoms with Crippen LogP contribution in [-0.4, -0.2) is 16.5 Å². The minimum absolute atomic E-state index is 0.134. The lowest BCUT2D eigenvalue weighted by molar-refractivity contribution is -0.303. The summed E-state index contributed by atoms with van der Waals surface area (Å²) >= 11 is 0. The zero-order chi connectivity index (χ0) is 15.5. The molecule has 1 N–H and O–H groups in total. The summed E-state index contributed by atoms with van der Waals surface area (Å²) in [6.45, 7) is 6.93. The van der Waals surface area contributed by atoms with E-state index in [0.29, 0.717) is 28.4 Å². The van der Waals surface area contributed by atoms with Gasteiger partial charge in [-0.25, -0.2) is 0 Å². The summed E-state index contributed by atoms with van der Waals surface area (Å²) in [7, 11) is 0. The van der Waals surface area contributed by atoms with Crippen molar-refractivity contribution in [3.63, 3.8) is 0 Å². The number of hydrogen-bond donors (Lipinski definition) is 1. The molecule has 0 aliphatic heterocycles. The molecule has 7 aliphatic rings. The fourth-order valence-electron chi connectivity index (χ4n) is 8.60. The van der Waals surface area contributed by atoms with Crippen molar-refractivity contribution in [2.24, 2.45) is 39.9 Å². The number of rotatable bonds is 0. The minimum atomic E-state index is -0.303. The third-order valence-electron chi connectivity index (χ3n) is 9.43. The molecule has 22 heavy (non-hydrogen) atoms. The normalized spacial score (nSPS) is 61.2. The SMILES string of the molecule is CC1(C)C(=O)CC[C@@]2(C)[C@@H]1CC[C@@]13C[C@H]4C[C@@](O)(C1)[C@H]4C[C@@H]32. The quantitative estimate of drug-likeness (QED) is 0.735. The van der Waals surface area contributed by atoms with Crippen molar-refractivity contribution in [2.75, 3.05) is 0 Å². The fraction of sp³-hybridized carbons (Fsp3) is 0.950. The minimum Gasteiger partial charge on any atom is -0.390 e. The maximum Gasteiger partial charge on any atom is 0.138 e. The van der Waals surface area contributed by atoms with Gasteiger partial charge in [-0.1, -0.05) is 20.8 Å². The van der Waals surface area contributed by atoms with Gasteiger partial charge in [0.15, 0.2) is 0 Å². The highest BCUT2D eigenvalue weighted by molar-refractivity contribution is 5.85. The third-order valence-corrected chi connectivity index (χ3v) is 9.43. The lowest BCUT2D eigenvalue weighted by Crippen LogP contribution is -2.72. The zero-order valence-electron chi connectivity index (χ0n) is 14.3. The van der Waals surface area contributed by atoms with E-state index in [-0.39, 0.29) is 11.0 Å². The lowest BCUT2D eigenvalue weighted by atomic mass is 9.30. The molecule has 0 unspecified atom stereocenters. The van der Waals surface area contributed by atoms with Gasteiger partial charge in [-0.15, -0.1) is 0 Å². The molecule has 4 bridgehead atoms. The molecule has 7 fully saturated rings. The zero-order valence-corrected chi connectivity index (χ0v) is 14.3. The van der Waals surface area contributed by atoms with E-state index in [1.807, 2.05) is 0 Å². The molecule has 7 aliphatic carbocycles. The number of carbonyl (C=O) groups excluding carboxylic acids is 1. The van der Waals surface area contributed by atoms with Crippen LogP contribution in [0.3, 0.4) is 0 Å². The number of aliphatic hydroxyl groups is 1. The van der Waals surface area contributed by atoms with Crippen LogP contribution in [0.1, 0.15) is 72.1 Å². The van der Waals surface area contributed by atoms with E-state index in [2.05, 4.69) is 20.8 Å². The Kier molecular flexibility index (Phi) is 2.33. The topological polar surface area (TPSA) is 37.3 Å². The van der Waals surface area contributed by atoms with E-state index >= 15 is 0 Å². The molecule has 0 amide bonds. The Morgan fingerprint density at radius 2 is 1.86 bits per heavy atom. The molecule has 2 heteroatoms. The monoisotopic (exact) mass is 302 g/mol. The number of ketones is 1. The summed E-state index contributed by atoms with van der Waals surface area (Å²) in [4.78, 5) is 12.5. The van der Waals surface area contributed by atoms with Gasteiger partial charge >= 0.3 is 0 Å². The van der Waals surface area contributed by atoms with Gasteiger partial charge in [-0.3, -0.25) is 4.79 Å². The Balaban J connectivity index is 1.57. The van der Waals surface area contributed by atoms with Gasteiger partial charge in [-0.2, -0.15) is 0 Å². The van der Waals surface area contributed by atoms with E-state index in [1.54, 1.807) is 0 Å². The molecule has 2 nitrogen and oxygen atoms in total. The van der Waals surface area contributed by atoms with E-state index in [0.717, 1.165) is 37.5 Å². The summed E-state index contributed by atoms with van der Waals surface area (Å²) < 4.78 is 0. The average Bonchev–Trinajstić information content (AvgIpc) is 2.42. The maximum atomic E-state index is 12.5. The predicted molar refractivity (Wildman–Crippen MR) is 85.2 cm³/mol. The second kappa shape index (κ2) is 3.66. The Morgan fingerprint density at radius 1 is 1.09 bits per heavy atom. The summed E-state index contributed by atoms with van der Waals surface area (Å²) in [5, 5.41) is 10.9. The molecule has 0 heterocycles. The molecule has 0 aromatic heterocycles. The molecule has 0 aromatic carbocycles. The first-order chi connectivity index (χ1) is 10.2. The Hall–Kier alpha value is -0.370. The largest absolute Gasteiger partial charge is 0.390 e. The van der Waals surface area contributed by atoms with Gasteiger partial charge in [0.1, 0.15) is 5.78 Å². The highest BCUT2D eigenvalue weighted by Crippen LogP contribution is 2.77.